The van der Waals surface area contributed by atoms with E-state index in [2.05, 4.69) is 0 Å². The second kappa shape index (κ2) is 4.94. The molecule has 0 aliphatic carbocycles. The Balaban J connectivity index is 1.91. The Bertz CT molecular complexity index is 315. The van der Waals surface area contributed by atoms with Crippen LogP contribution in [0.4, 0.5) is 0 Å². The summed E-state index contributed by atoms with van der Waals surface area (Å²) in [5, 5.41) is 0. The highest BCUT2D eigenvalue weighted by Gasteiger charge is 2.18. The molecule has 0 aromatic heterocycles. The van der Waals surface area contributed by atoms with Crippen LogP contribution in [0.1, 0.15) is 29.6 Å². The largest absolute Gasteiger partial charge is 0.432 e. The summed E-state index contributed by atoms with van der Waals surface area (Å²) in [6, 6.07) is 8.99. The summed E-state index contributed by atoms with van der Waals surface area (Å²) in [6.07, 6.45) is 2.57. The summed E-state index contributed by atoms with van der Waals surface area (Å²) in [5.41, 5.74) is 0.576. The smallest absolute Gasteiger partial charge is 0.340 e. The highest BCUT2D eigenvalue weighted by molar-refractivity contribution is 5.89. The summed E-state index contributed by atoms with van der Waals surface area (Å²) in [7, 11) is 0. The van der Waals surface area contributed by atoms with E-state index in [1.54, 1.807) is 12.1 Å². The fourth-order valence-electron chi connectivity index (χ4n) is 1.57. The Morgan fingerprint density at radius 2 is 2.07 bits per heavy atom. The highest BCUT2D eigenvalue weighted by Crippen LogP contribution is 2.15. The van der Waals surface area contributed by atoms with Gasteiger partial charge in [0.1, 0.15) is 0 Å². The maximum absolute atomic E-state index is 11.6. The molecule has 3 heteroatoms. The number of esters is 1. The van der Waals surface area contributed by atoms with Crippen LogP contribution in [-0.2, 0) is 9.47 Å². The molecular weight excluding hydrogens is 192 g/mol. The third-order valence-corrected chi connectivity index (χ3v) is 2.39. The molecule has 1 aliphatic heterocycles. The third kappa shape index (κ3) is 2.80. The van der Waals surface area contributed by atoms with E-state index in [0.717, 1.165) is 19.3 Å². The molecule has 0 amide bonds. The van der Waals surface area contributed by atoms with Gasteiger partial charge in [-0.15, -0.1) is 0 Å². The maximum atomic E-state index is 11.6. The van der Waals surface area contributed by atoms with Crippen LogP contribution in [0.15, 0.2) is 30.3 Å². The van der Waals surface area contributed by atoms with Crippen LogP contribution in [0.25, 0.3) is 0 Å². The maximum Gasteiger partial charge on any atom is 0.340 e. The lowest BCUT2D eigenvalue weighted by atomic mass is 10.2. The molecule has 3 nitrogen and oxygen atoms in total. The van der Waals surface area contributed by atoms with Gasteiger partial charge in [-0.1, -0.05) is 18.2 Å². The molecule has 0 spiro atoms. The Kier molecular flexibility index (Phi) is 3.35. The van der Waals surface area contributed by atoms with Crippen molar-refractivity contribution in [2.24, 2.45) is 0 Å². The number of carbonyl (C=O) groups excluding carboxylic acids is 1. The lowest BCUT2D eigenvalue weighted by Gasteiger charge is -2.22. The molecular formula is C12H14O3. The minimum absolute atomic E-state index is 0.303. The first kappa shape index (κ1) is 10.2. The van der Waals surface area contributed by atoms with Gasteiger partial charge in [-0.2, -0.15) is 0 Å². The molecule has 15 heavy (non-hydrogen) atoms. The fourth-order valence-corrected chi connectivity index (χ4v) is 1.57. The molecule has 1 fully saturated rings. The predicted octanol–water partition coefficient (Wildman–Crippen LogP) is 2.37. The van der Waals surface area contributed by atoms with E-state index in [9.17, 15) is 4.79 Å². The zero-order valence-electron chi connectivity index (χ0n) is 8.52. The molecule has 0 bridgehead atoms. The average Bonchev–Trinajstić information content (AvgIpc) is 2.31. The average molecular weight is 206 g/mol. The molecule has 1 unspecified atom stereocenters. The summed E-state index contributed by atoms with van der Waals surface area (Å²) in [5.74, 6) is -0.303. The van der Waals surface area contributed by atoms with E-state index >= 15 is 0 Å². The molecule has 0 N–H and O–H groups in total. The standard InChI is InChI=1S/C12H14O3/c13-12(10-6-2-1-3-7-10)15-11-8-4-5-9-14-11/h1-3,6-7,11H,4-5,8-9H2. The van der Waals surface area contributed by atoms with Gasteiger partial charge in [0, 0.05) is 6.42 Å². The fraction of sp³-hybridized carbons (Fsp3) is 0.417. The molecule has 1 heterocycles. The molecule has 1 atom stereocenters. The zero-order chi connectivity index (χ0) is 10.5. The lowest BCUT2D eigenvalue weighted by Crippen LogP contribution is -2.25. The molecule has 0 radical (unpaired) electrons. The Morgan fingerprint density at radius 3 is 2.73 bits per heavy atom. The Morgan fingerprint density at radius 1 is 1.27 bits per heavy atom. The predicted molar refractivity (Wildman–Crippen MR) is 55.4 cm³/mol. The number of benzene rings is 1. The van der Waals surface area contributed by atoms with E-state index in [1.165, 1.54) is 0 Å². The van der Waals surface area contributed by atoms with Gasteiger partial charge in [-0.3, -0.25) is 0 Å². The lowest BCUT2D eigenvalue weighted by molar-refractivity contribution is -0.130. The SMILES string of the molecule is O=C(OC1CCCCO1)c1ccccc1. The van der Waals surface area contributed by atoms with E-state index in [4.69, 9.17) is 9.47 Å². The van der Waals surface area contributed by atoms with Crippen molar-refractivity contribution in [1.29, 1.82) is 0 Å². The van der Waals surface area contributed by atoms with Crippen molar-refractivity contribution in [1.82, 2.24) is 0 Å². The van der Waals surface area contributed by atoms with Gasteiger partial charge in [-0.25, -0.2) is 4.79 Å². The first-order valence-electron chi connectivity index (χ1n) is 5.24. The number of hydrogen-bond acceptors (Lipinski definition) is 3. The van der Waals surface area contributed by atoms with E-state index < -0.39 is 0 Å². The monoisotopic (exact) mass is 206 g/mol. The second-order valence-electron chi connectivity index (χ2n) is 3.57. The van der Waals surface area contributed by atoms with Crippen molar-refractivity contribution in [2.75, 3.05) is 6.61 Å². The number of rotatable bonds is 2. The van der Waals surface area contributed by atoms with Crippen LogP contribution >= 0.6 is 0 Å². The molecule has 80 valence electrons. The van der Waals surface area contributed by atoms with Crippen LogP contribution in [0.5, 0.6) is 0 Å². The van der Waals surface area contributed by atoms with Crippen molar-refractivity contribution in [3.63, 3.8) is 0 Å². The van der Waals surface area contributed by atoms with Gasteiger partial charge in [0.2, 0.25) is 6.29 Å². The number of carbonyl (C=O) groups is 1. The van der Waals surface area contributed by atoms with Crippen molar-refractivity contribution < 1.29 is 14.3 Å². The van der Waals surface area contributed by atoms with Gasteiger partial charge < -0.3 is 9.47 Å². The first-order valence-corrected chi connectivity index (χ1v) is 5.24. The van der Waals surface area contributed by atoms with Crippen molar-refractivity contribution in [3.05, 3.63) is 35.9 Å². The van der Waals surface area contributed by atoms with Crippen LogP contribution in [0.2, 0.25) is 0 Å². The van der Waals surface area contributed by atoms with Crippen molar-refractivity contribution in [2.45, 2.75) is 25.6 Å². The van der Waals surface area contributed by atoms with Crippen molar-refractivity contribution in [3.8, 4) is 0 Å². The van der Waals surface area contributed by atoms with Crippen LogP contribution in [0.3, 0.4) is 0 Å². The van der Waals surface area contributed by atoms with E-state index in [0.29, 0.717) is 12.2 Å². The van der Waals surface area contributed by atoms with Gasteiger partial charge >= 0.3 is 5.97 Å². The van der Waals surface area contributed by atoms with Crippen LogP contribution in [-0.4, -0.2) is 18.9 Å². The zero-order valence-corrected chi connectivity index (χ0v) is 8.52. The second-order valence-corrected chi connectivity index (χ2v) is 3.57. The van der Waals surface area contributed by atoms with Crippen LogP contribution in [0, 0.1) is 0 Å². The number of ether oxygens (including phenoxy) is 2. The van der Waals surface area contributed by atoms with E-state index in [-0.39, 0.29) is 12.3 Å². The van der Waals surface area contributed by atoms with Gasteiger partial charge in [0.05, 0.1) is 12.2 Å². The van der Waals surface area contributed by atoms with E-state index in [1.807, 2.05) is 18.2 Å². The molecule has 0 saturated carbocycles. The highest BCUT2D eigenvalue weighted by atomic mass is 16.7. The van der Waals surface area contributed by atoms with Gasteiger partial charge in [-0.05, 0) is 25.0 Å². The molecule has 1 aliphatic rings. The normalized spacial score (nSPS) is 20.9. The van der Waals surface area contributed by atoms with Gasteiger partial charge in [0.25, 0.3) is 0 Å². The summed E-state index contributed by atoms with van der Waals surface area (Å²) >= 11 is 0. The number of hydrogen-bond donors (Lipinski definition) is 0. The van der Waals surface area contributed by atoms with Crippen LogP contribution < -0.4 is 0 Å². The first-order chi connectivity index (χ1) is 7.36. The molecule has 1 aromatic carbocycles. The minimum atomic E-state index is -0.355. The summed E-state index contributed by atoms with van der Waals surface area (Å²) in [4.78, 5) is 11.6. The summed E-state index contributed by atoms with van der Waals surface area (Å²) in [6.45, 7) is 0.687. The Hall–Kier alpha value is -1.35. The van der Waals surface area contributed by atoms with Crippen molar-refractivity contribution >= 4 is 5.97 Å². The quantitative estimate of drug-likeness (QED) is 0.697. The minimum Gasteiger partial charge on any atom is -0.432 e. The van der Waals surface area contributed by atoms with Gasteiger partial charge in [0.15, 0.2) is 0 Å². The third-order valence-electron chi connectivity index (χ3n) is 2.39. The molecule has 1 aromatic rings. The Labute approximate surface area is 89.0 Å². The topological polar surface area (TPSA) is 35.5 Å². The molecule has 2 rings (SSSR count). The molecule has 1 saturated heterocycles. The summed E-state index contributed by atoms with van der Waals surface area (Å²) < 4.78 is 10.5.